The van der Waals surface area contributed by atoms with Gasteiger partial charge in [-0.25, -0.2) is 4.79 Å². The van der Waals surface area contributed by atoms with Gasteiger partial charge in [-0.05, 0) is 37.9 Å². The summed E-state index contributed by atoms with van der Waals surface area (Å²) < 4.78 is 5.37. The molecule has 2 atom stereocenters. The van der Waals surface area contributed by atoms with E-state index in [0.717, 1.165) is 11.9 Å². The fourth-order valence-electron chi connectivity index (χ4n) is 3.32. The van der Waals surface area contributed by atoms with Gasteiger partial charge in [0.2, 0.25) is 17.7 Å². The van der Waals surface area contributed by atoms with Crippen molar-refractivity contribution < 1.29 is 23.9 Å². The monoisotopic (exact) mass is 504 g/mol. The number of carbonyl (C=O) groups is 4. The van der Waals surface area contributed by atoms with Gasteiger partial charge in [0.1, 0.15) is 19.9 Å². The van der Waals surface area contributed by atoms with Crippen molar-refractivity contribution >= 4 is 37.3 Å². The summed E-state index contributed by atoms with van der Waals surface area (Å²) in [4.78, 5) is 49.4. The standard InChI is InChI=1S/C24H41BN6O5/c1-16(2)21(31-20(32)10-13-36-14-12-27-3)23(34)30-19(5-4-11-28-24(26)35)22(33)29-18-8-6-17(15-25)7-9-18/h6-9,16,19,21,27H,4-5,10-15,25H2,1-3H3,(H,29,33)(H,30,34)(H,31,32)(H3,26,28,35)/t19-,21-/m0/s1. The van der Waals surface area contributed by atoms with E-state index >= 15 is 0 Å². The Kier molecular flexibility index (Phi) is 14.9. The van der Waals surface area contributed by atoms with E-state index < -0.39 is 29.9 Å². The molecule has 0 aromatic heterocycles. The maximum absolute atomic E-state index is 13.1. The van der Waals surface area contributed by atoms with Crippen LogP contribution in [0, 0.1) is 5.92 Å². The van der Waals surface area contributed by atoms with Crippen LogP contribution in [0.5, 0.6) is 0 Å². The number of anilines is 1. The van der Waals surface area contributed by atoms with Gasteiger partial charge in [0.15, 0.2) is 0 Å². The number of benzene rings is 1. The van der Waals surface area contributed by atoms with Gasteiger partial charge in [-0.15, -0.1) is 0 Å². The van der Waals surface area contributed by atoms with E-state index in [9.17, 15) is 19.2 Å². The second-order valence-electron chi connectivity index (χ2n) is 8.79. The lowest BCUT2D eigenvalue weighted by atomic mass is 9.97. The van der Waals surface area contributed by atoms with E-state index in [0.29, 0.717) is 25.3 Å². The van der Waals surface area contributed by atoms with Gasteiger partial charge in [0.05, 0.1) is 13.2 Å². The quantitative estimate of drug-likeness (QED) is 0.123. The number of amides is 5. The third-order valence-electron chi connectivity index (χ3n) is 5.47. The number of nitrogens with one attached hydrogen (secondary N) is 5. The molecule has 11 nitrogen and oxygen atoms in total. The van der Waals surface area contributed by atoms with Gasteiger partial charge in [-0.2, -0.15) is 0 Å². The molecule has 36 heavy (non-hydrogen) atoms. The highest BCUT2D eigenvalue weighted by Crippen LogP contribution is 2.12. The zero-order valence-electron chi connectivity index (χ0n) is 21.8. The van der Waals surface area contributed by atoms with Crippen molar-refractivity contribution in [1.82, 2.24) is 21.3 Å². The average molecular weight is 504 g/mol. The van der Waals surface area contributed by atoms with Gasteiger partial charge >= 0.3 is 6.03 Å². The van der Waals surface area contributed by atoms with Gasteiger partial charge < -0.3 is 37.1 Å². The molecule has 0 saturated heterocycles. The summed E-state index contributed by atoms with van der Waals surface area (Å²) >= 11 is 0. The van der Waals surface area contributed by atoms with Crippen LogP contribution in [0.2, 0.25) is 0 Å². The van der Waals surface area contributed by atoms with Crippen molar-refractivity contribution in [3.8, 4) is 0 Å². The molecule has 0 aliphatic heterocycles. The Morgan fingerprint density at radius 3 is 2.28 bits per heavy atom. The van der Waals surface area contributed by atoms with Crippen molar-refractivity contribution in [2.45, 2.75) is 51.5 Å². The number of primary amides is 1. The van der Waals surface area contributed by atoms with E-state index in [1.54, 1.807) is 12.1 Å². The normalized spacial score (nSPS) is 12.4. The largest absolute Gasteiger partial charge is 0.380 e. The molecule has 0 fully saturated rings. The Morgan fingerprint density at radius 1 is 1.00 bits per heavy atom. The third kappa shape index (κ3) is 12.5. The Hall–Kier alpha value is -3.12. The zero-order valence-corrected chi connectivity index (χ0v) is 21.8. The number of urea groups is 1. The predicted molar refractivity (Wildman–Crippen MR) is 142 cm³/mol. The molecule has 1 rings (SSSR count). The van der Waals surface area contributed by atoms with E-state index in [2.05, 4.69) is 26.6 Å². The highest BCUT2D eigenvalue weighted by molar-refractivity contribution is 6.08. The summed E-state index contributed by atoms with van der Waals surface area (Å²) in [6.45, 7) is 5.30. The van der Waals surface area contributed by atoms with Crippen molar-refractivity contribution in [2.75, 3.05) is 38.7 Å². The second-order valence-corrected chi connectivity index (χ2v) is 8.79. The Bertz CT molecular complexity index is 837. The molecular formula is C24H41BN6O5. The molecule has 0 radical (unpaired) electrons. The summed E-state index contributed by atoms with van der Waals surface area (Å²) in [6.07, 6.45) is 1.68. The van der Waals surface area contributed by atoms with Crippen LogP contribution in [-0.4, -0.2) is 77.0 Å². The molecule has 0 saturated carbocycles. The van der Waals surface area contributed by atoms with Crippen LogP contribution in [0.15, 0.2) is 24.3 Å². The van der Waals surface area contributed by atoms with Crippen molar-refractivity contribution in [2.24, 2.45) is 11.7 Å². The number of likely N-dealkylation sites (N-methyl/N-ethyl adjacent to an activating group) is 1. The van der Waals surface area contributed by atoms with Crippen LogP contribution in [0.3, 0.4) is 0 Å². The number of hydrogen-bond acceptors (Lipinski definition) is 6. The number of hydrogen-bond donors (Lipinski definition) is 6. The average Bonchev–Trinajstić information content (AvgIpc) is 2.84. The molecule has 1 aromatic carbocycles. The fraction of sp³-hybridized carbons (Fsp3) is 0.583. The third-order valence-corrected chi connectivity index (χ3v) is 5.47. The van der Waals surface area contributed by atoms with E-state index in [1.165, 1.54) is 0 Å². The van der Waals surface area contributed by atoms with E-state index in [1.807, 2.05) is 40.9 Å². The van der Waals surface area contributed by atoms with Crippen LogP contribution in [0.25, 0.3) is 0 Å². The molecular weight excluding hydrogens is 463 g/mol. The molecule has 0 spiro atoms. The maximum atomic E-state index is 13.1. The Balaban J connectivity index is 2.81. The van der Waals surface area contributed by atoms with Crippen molar-refractivity contribution in [1.29, 1.82) is 0 Å². The summed E-state index contributed by atoms with van der Waals surface area (Å²) in [5, 5.41) is 13.8. The Morgan fingerprint density at radius 2 is 1.69 bits per heavy atom. The summed E-state index contributed by atoms with van der Waals surface area (Å²) in [5.41, 5.74) is 6.85. The molecule has 0 aliphatic rings. The predicted octanol–water partition coefficient (Wildman–Crippen LogP) is -0.542. The van der Waals surface area contributed by atoms with Crippen LogP contribution >= 0.6 is 0 Å². The molecule has 1 aromatic rings. The lowest BCUT2D eigenvalue weighted by molar-refractivity contribution is -0.132. The van der Waals surface area contributed by atoms with E-state index in [-0.39, 0.29) is 37.8 Å². The summed E-state index contributed by atoms with van der Waals surface area (Å²) in [5.74, 6) is -1.37. The number of rotatable bonds is 17. The molecule has 0 bridgehead atoms. The van der Waals surface area contributed by atoms with Crippen LogP contribution in [0.1, 0.15) is 38.7 Å². The minimum Gasteiger partial charge on any atom is -0.380 e. The van der Waals surface area contributed by atoms with Crippen LogP contribution < -0.4 is 32.3 Å². The minimum atomic E-state index is -0.874. The molecule has 5 amide bonds. The lowest BCUT2D eigenvalue weighted by Gasteiger charge is -2.25. The van der Waals surface area contributed by atoms with Crippen molar-refractivity contribution in [3.05, 3.63) is 29.8 Å². The first-order valence-electron chi connectivity index (χ1n) is 12.4. The molecule has 0 unspecified atom stereocenters. The Labute approximate surface area is 214 Å². The summed E-state index contributed by atoms with van der Waals surface area (Å²) in [7, 11) is 3.85. The first-order chi connectivity index (χ1) is 17.2. The molecule has 0 heterocycles. The number of ether oxygens (including phenoxy) is 1. The zero-order chi connectivity index (χ0) is 26.9. The topological polar surface area (TPSA) is 164 Å². The van der Waals surface area contributed by atoms with Crippen LogP contribution in [0.4, 0.5) is 10.5 Å². The SMILES string of the molecule is BCc1ccc(NC(=O)[C@H](CCCNC(N)=O)NC(=O)[C@@H](NC(=O)CCOCCNC)C(C)C)cc1. The smallest absolute Gasteiger partial charge is 0.312 e. The first kappa shape index (κ1) is 30.9. The molecule has 0 aliphatic carbocycles. The second kappa shape index (κ2) is 17.3. The maximum Gasteiger partial charge on any atom is 0.312 e. The van der Waals surface area contributed by atoms with Gasteiger partial charge in [-0.1, -0.05) is 37.9 Å². The number of carbonyl (C=O) groups excluding carboxylic acids is 4. The van der Waals surface area contributed by atoms with E-state index in [4.69, 9.17) is 10.5 Å². The molecule has 7 N–H and O–H groups in total. The van der Waals surface area contributed by atoms with Crippen molar-refractivity contribution in [3.63, 3.8) is 0 Å². The van der Waals surface area contributed by atoms with Gasteiger partial charge in [0.25, 0.3) is 0 Å². The fourth-order valence-corrected chi connectivity index (χ4v) is 3.32. The summed E-state index contributed by atoms with van der Waals surface area (Å²) in [6, 6.07) is 5.10. The van der Waals surface area contributed by atoms with Gasteiger partial charge in [0, 0.05) is 25.2 Å². The first-order valence-corrected chi connectivity index (χ1v) is 12.4. The highest BCUT2D eigenvalue weighted by Gasteiger charge is 2.28. The highest BCUT2D eigenvalue weighted by atomic mass is 16.5. The molecule has 200 valence electrons. The number of nitrogens with two attached hydrogens (primary N) is 1. The molecule has 12 heteroatoms. The lowest BCUT2D eigenvalue weighted by Crippen LogP contribution is -2.54. The van der Waals surface area contributed by atoms with Gasteiger partial charge in [-0.3, -0.25) is 14.4 Å². The van der Waals surface area contributed by atoms with Crippen LogP contribution in [-0.2, 0) is 25.4 Å². The minimum absolute atomic E-state index is 0.122.